The Bertz CT molecular complexity index is 367. The Morgan fingerprint density at radius 1 is 1.31 bits per heavy atom. The smallest absolute Gasteiger partial charge is 0.121 e. The van der Waals surface area contributed by atoms with E-state index in [4.69, 9.17) is 16.3 Å². The maximum Gasteiger partial charge on any atom is 0.121 e. The normalized spacial score (nSPS) is 18.7. The van der Waals surface area contributed by atoms with Crippen LogP contribution in [0.4, 0.5) is 0 Å². The zero-order chi connectivity index (χ0) is 11.6. The third kappa shape index (κ3) is 1.93. The molecule has 0 aliphatic heterocycles. The van der Waals surface area contributed by atoms with E-state index in [1.54, 1.807) is 7.11 Å². The number of aryl methyl sites for hydroxylation is 1. The van der Waals surface area contributed by atoms with Crippen LogP contribution in [-0.4, -0.2) is 13.0 Å². The second-order valence-corrected chi connectivity index (χ2v) is 5.07. The van der Waals surface area contributed by atoms with E-state index in [0.29, 0.717) is 0 Å². The van der Waals surface area contributed by atoms with Crippen molar-refractivity contribution in [3.05, 3.63) is 29.3 Å². The third-order valence-electron chi connectivity index (χ3n) is 3.82. The van der Waals surface area contributed by atoms with Gasteiger partial charge in [0.25, 0.3) is 0 Å². The molecule has 0 amide bonds. The molecule has 1 aromatic carbocycles. The Morgan fingerprint density at radius 2 is 2.00 bits per heavy atom. The molecule has 0 saturated heterocycles. The van der Waals surface area contributed by atoms with Gasteiger partial charge in [-0.1, -0.05) is 25.0 Å². The van der Waals surface area contributed by atoms with Crippen LogP contribution in [0, 0.1) is 6.92 Å². The molecule has 2 rings (SSSR count). The van der Waals surface area contributed by atoms with E-state index in [9.17, 15) is 0 Å². The summed E-state index contributed by atoms with van der Waals surface area (Å²) in [6.45, 7) is 2.10. The fourth-order valence-corrected chi connectivity index (χ4v) is 3.18. The summed E-state index contributed by atoms with van der Waals surface area (Å²) in [5, 5.41) is 0. The van der Waals surface area contributed by atoms with Crippen molar-refractivity contribution in [3.63, 3.8) is 0 Å². The average Bonchev–Trinajstić information content (AvgIpc) is 2.78. The molecule has 0 N–H and O–H groups in total. The van der Waals surface area contributed by atoms with Gasteiger partial charge in [-0.3, -0.25) is 0 Å². The van der Waals surface area contributed by atoms with E-state index in [1.807, 2.05) is 0 Å². The number of alkyl halides is 1. The standard InChI is InChI=1S/C14H19ClO/c1-11-9-12(5-6-13(11)16-2)14(10-15)7-3-4-8-14/h5-6,9H,3-4,7-8,10H2,1-2H3. The van der Waals surface area contributed by atoms with Crippen molar-refractivity contribution in [2.45, 2.75) is 38.0 Å². The summed E-state index contributed by atoms with van der Waals surface area (Å²) in [7, 11) is 1.72. The molecule has 16 heavy (non-hydrogen) atoms. The van der Waals surface area contributed by atoms with Gasteiger partial charge in [-0.15, -0.1) is 11.6 Å². The van der Waals surface area contributed by atoms with E-state index in [2.05, 4.69) is 25.1 Å². The second-order valence-electron chi connectivity index (χ2n) is 4.81. The molecule has 0 unspecified atom stereocenters. The molecule has 1 aliphatic carbocycles. The van der Waals surface area contributed by atoms with Crippen LogP contribution < -0.4 is 4.74 Å². The van der Waals surface area contributed by atoms with E-state index >= 15 is 0 Å². The van der Waals surface area contributed by atoms with Gasteiger partial charge in [-0.2, -0.15) is 0 Å². The van der Waals surface area contributed by atoms with Crippen molar-refractivity contribution >= 4 is 11.6 Å². The van der Waals surface area contributed by atoms with Gasteiger partial charge in [0.15, 0.2) is 0 Å². The quantitative estimate of drug-likeness (QED) is 0.722. The molecule has 2 heteroatoms. The Kier molecular flexibility index (Phi) is 3.44. The number of methoxy groups -OCH3 is 1. The van der Waals surface area contributed by atoms with E-state index in [-0.39, 0.29) is 5.41 Å². The van der Waals surface area contributed by atoms with Gasteiger partial charge in [0, 0.05) is 11.3 Å². The molecule has 1 fully saturated rings. The van der Waals surface area contributed by atoms with Gasteiger partial charge in [0.1, 0.15) is 5.75 Å². The minimum absolute atomic E-state index is 0.221. The number of hydrogen-bond donors (Lipinski definition) is 0. The maximum absolute atomic E-state index is 6.19. The predicted molar refractivity (Wildman–Crippen MR) is 68.6 cm³/mol. The first-order chi connectivity index (χ1) is 7.72. The topological polar surface area (TPSA) is 9.23 Å². The molecule has 1 aliphatic rings. The third-order valence-corrected chi connectivity index (χ3v) is 4.34. The van der Waals surface area contributed by atoms with Gasteiger partial charge >= 0.3 is 0 Å². The Hall–Kier alpha value is -0.690. The number of hydrogen-bond acceptors (Lipinski definition) is 1. The van der Waals surface area contributed by atoms with Crippen molar-refractivity contribution in [3.8, 4) is 5.75 Å². The van der Waals surface area contributed by atoms with E-state index in [0.717, 1.165) is 11.6 Å². The van der Waals surface area contributed by atoms with Crippen molar-refractivity contribution in [2.24, 2.45) is 0 Å². The highest BCUT2D eigenvalue weighted by Crippen LogP contribution is 2.42. The minimum Gasteiger partial charge on any atom is -0.496 e. The summed E-state index contributed by atoms with van der Waals surface area (Å²) in [6.07, 6.45) is 5.06. The zero-order valence-corrected chi connectivity index (χ0v) is 10.8. The van der Waals surface area contributed by atoms with Gasteiger partial charge in [-0.25, -0.2) is 0 Å². The first-order valence-corrected chi connectivity index (χ1v) is 6.46. The van der Waals surface area contributed by atoms with Gasteiger partial charge in [0.05, 0.1) is 7.11 Å². The summed E-state index contributed by atoms with van der Waals surface area (Å²) in [5.41, 5.74) is 2.81. The molecule has 88 valence electrons. The van der Waals surface area contributed by atoms with Crippen molar-refractivity contribution in [2.75, 3.05) is 13.0 Å². The van der Waals surface area contributed by atoms with Crippen molar-refractivity contribution in [1.82, 2.24) is 0 Å². The van der Waals surface area contributed by atoms with Gasteiger partial charge < -0.3 is 4.74 Å². The van der Waals surface area contributed by atoms with E-state index < -0.39 is 0 Å². The Labute approximate surface area is 103 Å². The second kappa shape index (κ2) is 4.67. The Balaban J connectivity index is 2.36. The number of ether oxygens (including phenoxy) is 1. The average molecular weight is 239 g/mol. The molecule has 1 saturated carbocycles. The summed E-state index contributed by atoms with van der Waals surface area (Å²) in [4.78, 5) is 0. The summed E-state index contributed by atoms with van der Waals surface area (Å²) in [6, 6.07) is 6.49. The van der Waals surface area contributed by atoms with Crippen LogP contribution in [0.3, 0.4) is 0 Å². The number of halogens is 1. The van der Waals surface area contributed by atoms with Crippen LogP contribution in [0.15, 0.2) is 18.2 Å². The molecule has 0 atom stereocenters. The van der Waals surface area contributed by atoms with Crippen LogP contribution in [0.5, 0.6) is 5.75 Å². The maximum atomic E-state index is 6.19. The fourth-order valence-electron chi connectivity index (χ4n) is 2.76. The van der Waals surface area contributed by atoms with Gasteiger partial charge in [-0.05, 0) is 37.0 Å². The molecule has 0 heterocycles. The van der Waals surface area contributed by atoms with Gasteiger partial charge in [0.2, 0.25) is 0 Å². The summed E-state index contributed by atoms with van der Waals surface area (Å²) < 4.78 is 5.30. The summed E-state index contributed by atoms with van der Waals surface area (Å²) in [5.74, 6) is 1.70. The monoisotopic (exact) mass is 238 g/mol. The highest BCUT2D eigenvalue weighted by Gasteiger charge is 2.34. The number of benzene rings is 1. The highest BCUT2D eigenvalue weighted by molar-refractivity contribution is 6.18. The number of rotatable bonds is 3. The first kappa shape index (κ1) is 11.8. The molecule has 0 spiro atoms. The van der Waals surface area contributed by atoms with Crippen LogP contribution in [0.25, 0.3) is 0 Å². The fraction of sp³-hybridized carbons (Fsp3) is 0.571. The molecular weight excluding hydrogens is 220 g/mol. The molecule has 1 nitrogen and oxygen atoms in total. The van der Waals surface area contributed by atoms with Crippen LogP contribution >= 0.6 is 11.6 Å². The predicted octanol–water partition coefficient (Wildman–Crippen LogP) is 4.05. The molecule has 0 radical (unpaired) electrons. The zero-order valence-electron chi connectivity index (χ0n) is 10.1. The lowest BCUT2D eigenvalue weighted by Crippen LogP contribution is -2.24. The first-order valence-electron chi connectivity index (χ1n) is 5.93. The van der Waals surface area contributed by atoms with E-state index in [1.165, 1.54) is 36.8 Å². The van der Waals surface area contributed by atoms with Crippen LogP contribution in [-0.2, 0) is 5.41 Å². The molecule has 1 aromatic rings. The van der Waals surface area contributed by atoms with Crippen LogP contribution in [0.1, 0.15) is 36.8 Å². The SMILES string of the molecule is COc1ccc(C2(CCl)CCCC2)cc1C. The molecule has 0 aromatic heterocycles. The van der Waals surface area contributed by atoms with Crippen LogP contribution in [0.2, 0.25) is 0 Å². The largest absolute Gasteiger partial charge is 0.496 e. The highest BCUT2D eigenvalue weighted by atomic mass is 35.5. The summed E-state index contributed by atoms with van der Waals surface area (Å²) >= 11 is 6.19. The van der Waals surface area contributed by atoms with Crippen molar-refractivity contribution < 1.29 is 4.74 Å². The lowest BCUT2D eigenvalue weighted by molar-refractivity contribution is 0.410. The minimum atomic E-state index is 0.221. The van der Waals surface area contributed by atoms with Crippen molar-refractivity contribution in [1.29, 1.82) is 0 Å². The lowest BCUT2D eigenvalue weighted by Gasteiger charge is -2.27. The molecule has 0 bridgehead atoms. The lowest BCUT2D eigenvalue weighted by atomic mass is 9.80. The Morgan fingerprint density at radius 3 is 2.50 bits per heavy atom. The molecular formula is C14H19ClO.